The number of nitrogens with one attached hydrogen (secondary N) is 1. The minimum atomic E-state index is -0.175. The highest BCUT2D eigenvalue weighted by Crippen LogP contribution is 2.18. The second-order valence-corrected chi connectivity index (χ2v) is 6.40. The van der Waals surface area contributed by atoms with E-state index in [1.165, 1.54) is 0 Å². The van der Waals surface area contributed by atoms with Crippen LogP contribution in [0.3, 0.4) is 0 Å². The Morgan fingerprint density at radius 2 is 1.96 bits per heavy atom. The predicted octanol–water partition coefficient (Wildman–Crippen LogP) is 2.91. The average Bonchev–Trinajstić information content (AvgIpc) is 3.24. The molecule has 1 unspecified atom stereocenters. The summed E-state index contributed by atoms with van der Waals surface area (Å²) in [4.78, 5) is 12.8. The van der Waals surface area contributed by atoms with Crippen molar-refractivity contribution in [3.05, 3.63) is 71.8 Å². The average molecular weight is 337 g/mol. The van der Waals surface area contributed by atoms with Crippen LogP contribution in [0.25, 0.3) is 0 Å². The Labute approximate surface area is 147 Å². The molecule has 1 N–H and O–H groups in total. The zero-order valence-electron chi connectivity index (χ0n) is 14.8. The van der Waals surface area contributed by atoms with Crippen molar-refractivity contribution in [3.8, 4) is 0 Å². The van der Waals surface area contributed by atoms with Crippen molar-refractivity contribution in [2.24, 2.45) is 7.05 Å². The summed E-state index contributed by atoms with van der Waals surface area (Å²) in [6, 6.07) is 13.5. The minimum Gasteiger partial charge on any atom is -0.342 e. The van der Waals surface area contributed by atoms with Crippen LogP contribution >= 0.6 is 0 Å². The lowest BCUT2D eigenvalue weighted by molar-refractivity contribution is 0.0922. The number of carbonyl (C=O) groups is 1. The van der Waals surface area contributed by atoms with Crippen LogP contribution in [0.4, 0.5) is 0 Å². The highest BCUT2D eigenvalue weighted by Gasteiger charge is 2.20. The third-order valence-electron chi connectivity index (χ3n) is 4.16. The van der Waals surface area contributed by atoms with Crippen LogP contribution in [0.15, 0.2) is 54.9 Å². The number of nitrogens with zero attached hydrogens (tertiary/aromatic N) is 4. The van der Waals surface area contributed by atoms with E-state index in [2.05, 4.69) is 29.4 Å². The Morgan fingerprint density at radius 3 is 2.56 bits per heavy atom. The van der Waals surface area contributed by atoms with Gasteiger partial charge in [0.05, 0.1) is 18.3 Å². The van der Waals surface area contributed by atoms with Gasteiger partial charge in [0, 0.05) is 19.4 Å². The number of aromatic nitrogens is 4. The van der Waals surface area contributed by atoms with E-state index < -0.39 is 0 Å². The molecule has 0 fully saturated rings. The molecule has 1 atom stereocenters. The summed E-state index contributed by atoms with van der Waals surface area (Å²) >= 11 is 0. The molecule has 0 saturated heterocycles. The Hall–Kier alpha value is -2.89. The SMILES string of the molecule is CC(C)c1cc(C(=O)NC(Cn2cccn2)c2ccccc2)n(C)n1. The first-order valence-electron chi connectivity index (χ1n) is 8.41. The summed E-state index contributed by atoms with van der Waals surface area (Å²) in [6.07, 6.45) is 3.63. The number of carbonyl (C=O) groups excluding carboxylic acids is 1. The first kappa shape index (κ1) is 17.0. The largest absolute Gasteiger partial charge is 0.342 e. The normalized spacial score (nSPS) is 12.3. The Morgan fingerprint density at radius 1 is 1.20 bits per heavy atom. The van der Waals surface area contributed by atoms with Gasteiger partial charge in [0.25, 0.3) is 5.91 Å². The van der Waals surface area contributed by atoms with E-state index >= 15 is 0 Å². The number of amides is 1. The number of hydrogen-bond acceptors (Lipinski definition) is 3. The molecule has 130 valence electrons. The van der Waals surface area contributed by atoms with Gasteiger partial charge in [-0.15, -0.1) is 0 Å². The van der Waals surface area contributed by atoms with Gasteiger partial charge in [-0.1, -0.05) is 44.2 Å². The maximum absolute atomic E-state index is 12.8. The first-order valence-corrected chi connectivity index (χ1v) is 8.41. The lowest BCUT2D eigenvalue weighted by atomic mass is 10.1. The molecular weight excluding hydrogens is 314 g/mol. The Bertz CT molecular complexity index is 821. The topological polar surface area (TPSA) is 64.7 Å². The maximum Gasteiger partial charge on any atom is 0.270 e. The molecule has 2 aromatic heterocycles. The van der Waals surface area contributed by atoms with E-state index in [9.17, 15) is 4.79 Å². The molecule has 0 aliphatic heterocycles. The summed E-state index contributed by atoms with van der Waals surface area (Å²) in [5, 5.41) is 11.8. The van der Waals surface area contributed by atoms with Gasteiger partial charge in [0.15, 0.2) is 0 Å². The summed E-state index contributed by atoms with van der Waals surface area (Å²) in [5.74, 6) is 0.143. The zero-order valence-corrected chi connectivity index (χ0v) is 14.8. The number of hydrogen-bond donors (Lipinski definition) is 1. The molecule has 0 spiro atoms. The van der Waals surface area contributed by atoms with Crippen molar-refractivity contribution in [1.29, 1.82) is 0 Å². The van der Waals surface area contributed by atoms with Gasteiger partial charge in [-0.25, -0.2) is 0 Å². The third-order valence-corrected chi connectivity index (χ3v) is 4.16. The molecule has 1 amide bonds. The monoisotopic (exact) mass is 337 g/mol. The first-order chi connectivity index (χ1) is 12.0. The Kier molecular flexibility index (Phi) is 4.97. The zero-order chi connectivity index (χ0) is 17.8. The molecular formula is C19H23N5O. The highest BCUT2D eigenvalue weighted by molar-refractivity contribution is 5.93. The van der Waals surface area contributed by atoms with Crippen molar-refractivity contribution in [1.82, 2.24) is 24.9 Å². The molecule has 6 nitrogen and oxygen atoms in total. The van der Waals surface area contributed by atoms with E-state index in [0.717, 1.165) is 11.3 Å². The highest BCUT2D eigenvalue weighted by atomic mass is 16.2. The van der Waals surface area contributed by atoms with Crippen molar-refractivity contribution < 1.29 is 4.79 Å². The Balaban J connectivity index is 1.83. The molecule has 0 radical (unpaired) electrons. The van der Waals surface area contributed by atoms with Crippen LogP contribution in [-0.4, -0.2) is 25.5 Å². The van der Waals surface area contributed by atoms with Crippen molar-refractivity contribution in [2.45, 2.75) is 32.4 Å². The number of aryl methyl sites for hydroxylation is 1. The van der Waals surface area contributed by atoms with Crippen LogP contribution in [0.1, 0.15) is 47.6 Å². The fourth-order valence-electron chi connectivity index (χ4n) is 2.73. The quantitative estimate of drug-likeness (QED) is 0.752. The second-order valence-electron chi connectivity index (χ2n) is 6.40. The summed E-state index contributed by atoms with van der Waals surface area (Å²) in [7, 11) is 1.80. The van der Waals surface area contributed by atoms with Crippen molar-refractivity contribution in [3.63, 3.8) is 0 Å². The predicted molar refractivity (Wildman–Crippen MR) is 96.2 cm³/mol. The summed E-state index contributed by atoms with van der Waals surface area (Å²) in [5.41, 5.74) is 2.51. The van der Waals surface area contributed by atoms with Gasteiger partial charge in [-0.05, 0) is 23.6 Å². The van der Waals surface area contributed by atoms with Gasteiger partial charge in [0.2, 0.25) is 0 Å². The van der Waals surface area contributed by atoms with Crippen LogP contribution in [-0.2, 0) is 13.6 Å². The third kappa shape index (κ3) is 3.96. The van der Waals surface area contributed by atoms with Crippen molar-refractivity contribution >= 4 is 5.91 Å². The number of benzene rings is 1. The molecule has 3 aromatic rings. The minimum absolute atomic E-state index is 0.136. The van der Waals surface area contributed by atoms with E-state index in [1.54, 1.807) is 17.9 Å². The molecule has 0 aliphatic carbocycles. The number of rotatable bonds is 6. The molecule has 2 heterocycles. The van der Waals surface area contributed by atoms with Gasteiger partial charge in [0.1, 0.15) is 5.69 Å². The fourth-order valence-corrected chi connectivity index (χ4v) is 2.73. The van der Waals surface area contributed by atoms with E-state index in [1.807, 2.05) is 53.3 Å². The smallest absolute Gasteiger partial charge is 0.270 e. The van der Waals surface area contributed by atoms with Crippen LogP contribution < -0.4 is 5.32 Å². The lowest BCUT2D eigenvalue weighted by Crippen LogP contribution is -2.32. The van der Waals surface area contributed by atoms with Crippen LogP contribution in [0.2, 0.25) is 0 Å². The fraction of sp³-hybridized carbons (Fsp3) is 0.316. The van der Waals surface area contributed by atoms with E-state index in [4.69, 9.17) is 0 Å². The van der Waals surface area contributed by atoms with E-state index in [0.29, 0.717) is 12.2 Å². The molecule has 3 rings (SSSR count). The molecule has 1 aromatic carbocycles. The summed E-state index contributed by atoms with van der Waals surface area (Å²) in [6.45, 7) is 4.70. The molecule has 0 saturated carbocycles. The van der Waals surface area contributed by atoms with Crippen molar-refractivity contribution in [2.75, 3.05) is 0 Å². The standard InChI is InChI=1S/C19H23N5O/c1-14(2)16-12-18(23(3)22-16)19(25)21-17(13-24-11-7-10-20-24)15-8-5-4-6-9-15/h4-12,14,17H,13H2,1-3H3,(H,21,25). The van der Waals surface area contributed by atoms with Gasteiger partial charge in [-0.2, -0.15) is 10.2 Å². The van der Waals surface area contributed by atoms with Gasteiger partial charge < -0.3 is 5.32 Å². The van der Waals surface area contributed by atoms with Gasteiger partial charge in [-0.3, -0.25) is 14.2 Å². The van der Waals surface area contributed by atoms with E-state index in [-0.39, 0.29) is 17.9 Å². The lowest BCUT2D eigenvalue weighted by Gasteiger charge is -2.19. The molecule has 0 aliphatic rings. The molecule has 0 bridgehead atoms. The van der Waals surface area contributed by atoms with Crippen LogP contribution in [0.5, 0.6) is 0 Å². The second kappa shape index (κ2) is 7.34. The summed E-state index contributed by atoms with van der Waals surface area (Å²) < 4.78 is 3.46. The molecule has 6 heteroatoms. The van der Waals surface area contributed by atoms with Crippen LogP contribution in [0, 0.1) is 0 Å². The van der Waals surface area contributed by atoms with Gasteiger partial charge >= 0.3 is 0 Å². The molecule has 25 heavy (non-hydrogen) atoms. The maximum atomic E-state index is 12.8.